The molecule has 0 bridgehead atoms. The summed E-state index contributed by atoms with van der Waals surface area (Å²) in [5.41, 5.74) is 1.63. The third kappa shape index (κ3) is 5.20. The smallest absolute Gasteiger partial charge is 0.338 e. The number of rotatable bonds is 5. The highest BCUT2D eigenvalue weighted by Gasteiger charge is 2.30. The van der Waals surface area contributed by atoms with E-state index >= 15 is 0 Å². The van der Waals surface area contributed by atoms with E-state index in [0.29, 0.717) is 28.7 Å². The number of esters is 1. The van der Waals surface area contributed by atoms with E-state index in [1.807, 2.05) is 30.3 Å². The fraction of sp³-hybridized carbons (Fsp3) is 0.200. The zero-order valence-corrected chi connectivity index (χ0v) is 16.0. The van der Waals surface area contributed by atoms with Crippen LogP contribution in [-0.2, 0) is 14.3 Å². The van der Waals surface area contributed by atoms with Gasteiger partial charge in [-0.05, 0) is 43.3 Å². The second-order valence-electron chi connectivity index (χ2n) is 5.90. The summed E-state index contributed by atoms with van der Waals surface area (Å²) in [5.74, 6) is -0.975. The first-order valence-electron chi connectivity index (χ1n) is 8.73. The van der Waals surface area contributed by atoms with Gasteiger partial charge in [-0.25, -0.2) is 9.79 Å². The summed E-state index contributed by atoms with van der Waals surface area (Å²) < 4.78 is 4.93. The molecule has 0 saturated carbocycles. The average molecular weight is 397 g/mol. The van der Waals surface area contributed by atoms with Gasteiger partial charge in [0.2, 0.25) is 11.8 Å². The van der Waals surface area contributed by atoms with Gasteiger partial charge in [-0.2, -0.15) is 0 Å². The molecule has 3 rings (SSSR count). The van der Waals surface area contributed by atoms with Gasteiger partial charge in [-0.15, -0.1) is 0 Å². The van der Waals surface area contributed by atoms with Crippen LogP contribution in [-0.4, -0.2) is 34.8 Å². The van der Waals surface area contributed by atoms with Crippen molar-refractivity contribution in [3.8, 4) is 0 Å². The van der Waals surface area contributed by atoms with Gasteiger partial charge in [0.15, 0.2) is 5.17 Å². The number of benzene rings is 2. The average Bonchev–Trinajstić information content (AvgIpc) is 2.69. The lowest BCUT2D eigenvalue weighted by molar-refractivity contribution is -0.123. The first kappa shape index (κ1) is 19.6. The van der Waals surface area contributed by atoms with Crippen molar-refractivity contribution in [3.05, 3.63) is 60.2 Å². The van der Waals surface area contributed by atoms with Crippen LogP contribution in [0.1, 0.15) is 23.7 Å². The van der Waals surface area contributed by atoms with E-state index in [1.54, 1.807) is 31.2 Å². The maximum atomic E-state index is 12.6. The molecule has 2 amide bonds. The first-order chi connectivity index (χ1) is 13.5. The number of nitrogens with zero attached hydrogens (tertiary/aromatic N) is 1. The summed E-state index contributed by atoms with van der Waals surface area (Å²) in [7, 11) is 0. The fourth-order valence-corrected chi connectivity index (χ4v) is 3.49. The monoisotopic (exact) mass is 397 g/mol. The van der Waals surface area contributed by atoms with Crippen LogP contribution >= 0.6 is 11.8 Å². The molecule has 2 aromatic rings. The molecule has 1 saturated heterocycles. The zero-order valence-electron chi connectivity index (χ0n) is 15.2. The number of thioether (sulfide) groups is 1. The second kappa shape index (κ2) is 9.18. The Morgan fingerprint density at radius 1 is 1.18 bits per heavy atom. The van der Waals surface area contributed by atoms with Crippen LogP contribution in [0.4, 0.5) is 11.4 Å². The second-order valence-corrected chi connectivity index (χ2v) is 7.09. The Bertz CT molecular complexity index is 897. The SMILES string of the molecule is CCOC(=O)c1ccc(NC(=O)[C@H]2CC(=O)NC(=Nc3ccccc3)S2)cc1. The number of anilines is 1. The first-order valence-corrected chi connectivity index (χ1v) is 9.61. The predicted molar refractivity (Wildman–Crippen MR) is 109 cm³/mol. The lowest BCUT2D eigenvalue weighted by atomic mass is 10.2. The minimum atomic E-state index is -0.596. The molecule has 1 aliphatic heterocycles. The molecule has 8 heteroatoms. The number of amides is 2. The molecule has 7 nitrogen and oxygen atoms in total. The summed E-state index contributed by atoms with van der Waals surface area (Å²) in [5, 5.41) is 5.25. The van der Waals surface area contributed by atoms with Gasteiger partial charge in [0, 0.05) is 12.1 Å². The van der Waals surface area contributed by atoms with E-state index in [2.05, 4.69) is 15.6 Å². The Balaban J connectivity index is 1.65. The molecular formula is C20H19N3O4S. The molecule has 1 fully saturated rings. The van der Waals surface area contributed by atoms with Crippen molar-refractivity contribution in [1.29, 1.82) is 0 Å². The highest BCUT2D eigenvalue weighted by atomic mass is 32.2. The number of para-hydroxylation sites is 1. The Hall–Kier alpha value is -3.13. The summed E-state index contributed by atoms with van der Waals surface area (Å²) in [6, 6.07) is 15.6. The molecule has 1 heterocycles. The van der Waals surface area contributed by atoms with Gasteiger partial charge in [0.25, 0.3) is 0 Å². The molecule has 0 spiro atoms. The van der Waals surface area contributed by atoms with Crippen LogP contribution in [0.2, 0.25) is 0 Å². The highest BCUT2D eigenvalue weighted by Crippen LogP contribution is 2.25. The molecule has 0 aromatic heterocycles. The van der Waals surface area contributed by atoms with Crippen LogP contribution in [0, 0.1) is 0 Å². The van der Waals surface area contributed by atoms with Crippen molar-refractivity contribution in [1.82, 2.24) is 5.32 Å². The molecule has 2 N–H and O–H groups in total. The Morgan fingerprint density at radius 2 is 1.89 bits per heavy atom. The largest absolute Gasteiger partial charge is 0.462 e. The fourth-order valence-electron chi connectivity index (χ4n) is 2.49. The van der Waals surface area contributed by atoms with Gasteiger partial charge in [0.1, 0.15) is 5.25 Å². The highest BCUT2D eigenvalue weighted by molar-refractivity contribution is 8.15. The van der Waals surface area contributed by atoms with Gasteiger partial charge in [-0.1, -0.05) is 30.0 Å². The number of nitrogens with one attached hydrogen (secondary N) is 2. The quantitative estimate of drug-likeness (QED) is 0.756. The van der Waals surface area contributed by atoms with Crippen LogP contribution in [0.3, 0.4) is 0 Å². The van der Waals surface area contributed by atoms with Crippen molar-refractivity contribution in [2.24, 2.45) is 4.99 Å². The molecular weight excluding hydrogens is 378 g/mol. The number of amidine groups is 1. The normalized spacial score (nSPS) is 17.7. The van der Waals surface area contributed by atoms with Crippen LogP contribution in [0.5, 0.6) is 0 Å². The van der Waals surface area contributed by atoms with Crippen molar-refractivity contribution >= 4 is 46.1 Å². The van der Waals surface area contributed by atoms with Gasteiger partial charge >= 0.3 is 5.97 Å². The van der Waals surface area contributed by atoms with E-state index in [-0.39, 0.29) is 18.2 Å². The van der Waals surface area contributed by atoms with E-state index in [4.69, 9.17) is 4.74 Å². The number of ether oxygens (including phenoxy) is 1. The van der Waals surface area contributed by atoms with Crippen LogP contribution in [0.15, 0.2) is 59.6 Å². The van der Waals surface area contributed by atoms with Crippen molar-refractivity contribution in [2.75, 3.05) is 11.9 Å². The molecule has 0 unspecified atom stereocenters. The van der Waals surface area contributed by atoms with E-state index in [9.17, 15) is 14.4 Å². The molecule has 2 aromatic carbocycles. The maximum Gasteiger partial charge on any atom is 0.338 e. The van der Waals surface area contributed by atoms with Gasteiger partial charge in [-0.3, -0.25) is 9.59 Å². The number of hydrogen-bond donors (Lipinski definition) is 2. The summed E-state index contributed by atoms with van der Waals surface area (Å²) in [6.07, 6.45) is 0.0607. The Morgan fingerprint density at radius 3 is 2.57 bits per heavy atom. The molecule has 1 atom stereocenters. The molecule has 0 radical (unpaired) electrons. The molecule has 28 heavy (non-hydrogen) atoms. The standard InChI is InChI=1S/C20H19N3O4S/c1-2-27-19(26)13-8-10-15(11-9-13)21-18(25)16-12-17(24)23-20(28-16)22-14-6-4-3-5-7-14/h3-11,16H,2,12H2,1H3,(H,21,25)(H,22,23,24)/t16-/m1/s1. The minimum absolute atomic E-state index is 0.0607. The Kier molecular flexibility index (Phi) is 6.44. The van der Waals surface area contributed by atoms with Crippen molar-refractivity contribution in [3.63, 3.8) is 0 Å². The zero-order chi connectivity index (χ0) is 19.9. The number of aliphatic imine (C=N–C) groups is 1. The lowest BCUT2D eigenvalue weighted by Gasteiger charge is -2.22. The third-order valence-corrected chi connectivity index (χ3v) is 4.90. The van der Waals surface area contributed by atoms with Crippen molar-refractivity contribution in [2.45, 2.75) is 18.6 Å². The maximum absolute atomic E-state index is 12.6. The predicted octanol–water partition coefficient (Wildman–Crippen LogP) is 3.11. The van der Waals surface area contributed by atoms with E-state index < -0.39 is 11.2 Å². The summed E-state index contributed by atoms with van der Waals surface area (Å²) >= 11 is 1.20. The van der Waals surface area contributed by atoms with Gasteiger partial charge < -0.3 is 15.4 Å². The van der Waals surface area contributed by atoms with E-state index in [0.717, 1.165) is 0 Å². The summed E-state index contributed by atoms with van der Waals surface area (Å²) in [4.78, 5) is 40.6. The van der Waals surface area contributed by atoms with Gasteiger partial charge in [0.05, 0.1) is 17.9 Å². The molecule has 144 valence electrons. The topological polar surface area (TPSA) is 96.9 Å². The molecule has 0 aliphatic carbocycles. The number of carbonyl (C=O) groups is 3. The molecule has 1 aliphatic rings. The van der Waals surface area contributed by atoms with Crippen molar-refractivity contribution < 1.29 is 19.1 Å². The number of hydrogen-bond acceptors (Lipinski definition) is 6. The Labute approximate surface area is 166 Å². The minimum Gasteiger partial charge on any atom is -0.462 e. The number of carbonyl (C=O) groups excluding carboxylic acids is 3. The third-order valence-electron chi connectivity index (χ3n) is 3.81. The lowest BCUT2D eigenvalue weighted by Crippen LogP contribution is -2.41. The summed E-state index contributed by atoms with van der Waals surface area (Å²) in [6.45, 7) is 2.03. The van der Waals surface area contributed by atoms with Crippen LogP contribution in [0.25, 0.3) is 0 Å². The van der Waals surface area contributed by atoms with Crippen LogP contribution < -0.4 is 10.6 Å². The van der Waals surface area contributed by atoms with E-state index in [1.165, 1.54) is 11.8 Å².